The van der Waals surface area contributed by atoms with Crippen LogP contribution in [0.25, 0.3) is 44.3 Å². The average molecular weight is 425 g/mol. The molecule has 0 saturated carbocycles. The zero-order valence-corrected chi connectivity index (χ0v) is 18.4. The first kappa shape index (κ1) is 18.1. The first-order valence-electron chi connectivity index (χ1n) is 11.1. The molecule has 4 aliphatic rings. The average Bonchev–Trinajstić information content (AvgIpc) is 3.16. The molecule has 0 spiro atoms. The lowest BCUT2D eigenvalue weighted by molar-refractivity contribution is 0.978. The molecule has 2 aliphatic heterocycles. The maximum Gasteiger partial charge on any atom is 0.0681 e. The van der Waals surface area contributed by atoms with E-state index in [0.717, 1.165) is 11.8 Å². The Hall–Kier alpha value is -3.54. The zero-order valence-electron chi connectivity index (χ0n) is 17.5. The lowest BCUT2D eigenvalue weighted by atomic mass is 9.84. The minimum Gasteiger partial charge on any atom is -0.252 e. The molecule has 0 radical (unpaired) electrons. The van der Waals surface area contributed by atoms with Crippen molar-refractivity contribution in [2.24, 2.45) is 0 Å². The third kappa shape index (κ3) is 2.65. The molecule has 0 saturated heterocycles. The van der Waals surface area contributed by atoms with Crippen LogP contribution < -0.4 is 10.6 Å². The maximum atomic E-state index is 5.24. The smallest absolute Gasteiger partial charge is 0.0681 e. The number of hydrogen-bond donors (Lipinski definition) is 0. The standard InChI is InChI=1S/C30H20NP/c1-2-9-20-18-21(17-16-19(20)8-1)22-12-7-14-26-28(22)29-24-11-4-6-15-27(24)32-30(29)23-10-3-5-13-25(23)31-26/h1-12,14-18,22H,13H2. The Morgan fingerprint density at radius 3 is 2.69 bits per heavy atom. The Morgan fingerprint density at radius 1 is 0.844 bits per heavy atom. The molecule has 0 bridgehead atoms. The lowest BCUT2D eigenvalue weighted by Crippen LogP contribution is -2.20. The van der Waals surface area contributed by atoms with Gasteiger partial charge in [-0.25, -0.2) is 0 Å². The van der Waals surface area contributed by atoms with E-state index in [1.54, 1.807) is 0 Å². The van der Waals surface area contributed by atoms with Crippen LogP contribution in [0.15, 0.2) is 91.0 Å². The van der Waals surface area contributed by atoms with Gasteiger partial charge >= 0.3 is 0 Å². The largest absolute Gasteiger partial charge is 0.252 e. The molecule has 3 aromatic rings. The van der Waals surface area contributed by atoms with Gasteiger partial charge in [0.2, 0.25) is 0 Å². The fourth-order valence-corrected chi connectivity index (χ4v) is 6.62. The molecular weight excluding hydrogens is 405 g/mol. The number of fused-ring (bicyclic) bond motifs is 8. The molecule has 2 heteroatoms. The molecule has 32 heavy (non-hydrogen) atoms. The van der Waals surface area contributed by atoms with E-state index < -0.39 is 0 Å². The number of nitrogens with zero attached hydrogens (tertiary/aromatic N) is 1. The van der Waals surface area contributed by atoms with Gasteiger partial charge in [0.05, 0.1) is 11.0 Å². The number of benzene rings is 3. The van der Waals surface area contributed by atoms with E-state index in [-0.39, 0.29) is 5.92 Å². The highest BCUT2D eigenvalue weighted by Gasteiger charge is 2.25. The molecule has 1 nitrogen and oxygen atoms in total. The van der Waals surface area contributed by atoms with Crippen LogP contribution in [0.4, 0.5) is 0 Å². The van der Waals surface area contributed by atoms with E-state index in [9.17, 15) is 0 Å². The molecule has 1 unspecified atom stereocenters. The van der Waals surface area contributed by atoms with E-state index in [0.29, 0.717) is 0 Å². The van der Waals surface area contributed by atoms with Gasteiger partial charge in [0.15, 0.2) is 0 Å². The molecule has 2 aliphatic carbocycles. The van der Waals surface area contributed by atoms with Crippen molar-refractivity contribution < 1.29 is 0 Å². The summed E-state index contributed by atoms with van der Waals surface area (Å²) in [5.41, 5.74) is 5.24. The fourth-order valence-electron chi connectivity index (χ4n) is 5.23. The van der Waals surface area contributed by atoms with Crippen molar-refractivity contribution in [2.45, 2.75) is 12.3 Å². The quantitative estimate of drug-likeness (QED) is 0.301. The Morgan fingerprint density at radius 2 is 1.72 bits per heavy atom. The van der Waals surface area contributed by atoms with E-state index in [1.807, 2.05) is 0 Å². The third-order valence-electron chi connectivity index (χ3n) is 6.72. The normalized spacial score (nSPS) is 16.8. The summed E-state index contributed by atoms with van der Waals surface area (Å²) in [6, 6.07) is 24.4. The molecule has 7 rings (SSSR count). The maximum absolute atomic E-state index is 5.24. The summed E-state index contributed by atoms with van der Waals surface area (Å²) in [4.78, 5) is 5.24. The van der Waals surface area contributed by atoms with Gasteiger partial charge in [-0.15, -0.1) is 0 Å². The van der Waals surface area contributed by atoms with Crippen molar-refractivity contribution in [3.63, 3.8) is 0 Å². The topological polar surface area (TPSA) is 12.9 Å². The van der Waals surface area contributed by atoms with E-state index in [4.69, 9.17) is 4.98 Å². The molecule has 1 atom stereocenters. The van der Waals surface area contributed by atoms with Crippen molar-refractivity contribution in [1.82, 2.24) is 4.98 Å². The van der Waals surface area contributed by atoms with Gasteiger partial charge < -0.3 is 0 Å². The van der Waals surface area contributed by atoms with Crippen molar-refractivity contribution in [3.8, 4) is 10.9 Å². The van der Waals surface area contributed by atoms with Crippen LogP contribution in [0.5, 0.6) is 0 Å². The Bertz CT molecular complexity index is 1710. The monoisotopic (exact) mass is 425 g/mol. The minimum atomic E-state index is 0.184. The van der Waals surface area contributed by atoms with Crippen LogP contribution >= 0.6 is 8.19 Å². The van der Waals surface area contributed by atoms with Gasteiger partial charge in [0.1, 0.15) is 0 Å². The number of hydrogen-bond acceptors (Lipinski definition) is 1. The SMILES string of the molecule is C1=CCc2nc3c(c4c5ccccc5pc-4c2=C1)C(c1ccc2ccccc2c1)C=CC=3. The summed E-state index contributed by atoms with van der Waals surface area (Å²) in [5.74, 6) is 0.184. The summed E-state index contributed by atoms with van der Waals surface area (Å²) in [5, 5.41) is 9.15. The Kier molecular flexibility index (Phi) is 3.95. The highest BCUT2D eigenvalue weighted by atomic mass is 31.0. The molecular formula is C30H20NP. The molecule has 0 aromatic heterocycles. The second kappa shape index (κ2) is 6.99. The van der Waals surface area contributed by atoms with Gasteiger partial charge in [-0.05, 0) is 39.4 Å². The predicted octanol–water partition coefficient (Wildman–Crippen LogP) is 6.45. The summed E-state index contributed by atoms with van der Waals surface area (Å²) in [6.45, 7) is 0. The van der Waals surface area contributed by atoms with Gasteiger partial charge in [0.25, 0.3) is 0 Å². The van der Waals surface area contributed by atoms with Gasteiger partial charge in [-0.2, -0.15) is 0 Å². The number of rotatable bonds is 1. The highest BCUT2D eigenvalue weighted by Crippen LogP contribution is 2.45. The van der Waals surface area contributed by atoms with Gasteiger partial charge in [-0.3, -0.25) is 4.98 Å². The van der Waals surface area contributed by atoms with Crippen molar-refractivity contribution in [3.05, 3.63) is 118 Å². The van der Waals surface area contributed by atoms with Crippen LogP contribution in [0, 0.1) is 0 Å². The number of aromatic nitrogens is 1. The van der Waals surface area contributed by atoms with Crippen LogP contribution in [0.2, 0.25) is 0 Å². The van der Waals surface area contributed by atoms with Crippen LogP contribution in [0.3, 0.4) is 0 Å². The second-order valence-electron chi connectivity index (χ2n) is 8.56. The van der Waals surface area contributed by atoms with Crippen LogP contribution in [-0.2, 0) is 6.42 Å². The summed E-state index contributed by atoms with van der Waals surface area (Å²) in [6.07, 6.45) is 14.3. The molecule has 3 aromatic carbocycles. The molecule has 150 valence electrons. The Labute approximate surface area is 188 Å². The van der Waals surface area contributed by atoms with E-state index >= 15 is 0 Å². The van der Waals surface area contributed by atoms with Crippen molar-refractivity contribution >= 4 is 41.6 Å². The number of allylic oxidation sites excluding steroid dienone is 4. The fraction of sp³-hybridized carbons (Fsp3) is 0.0667. The molecule has 2 heterocycles. The molecule has 0 fully saturated rings. The van der Waals surface area contributed by atoms with Crippen LogP contribution in [0.1, 0.15) is 22.7 Å². The summed E-state index contributed by atoms with van der Waals surface area (Å²) in [7, 11) is 1.29. The predicted molar refractivity (Wildman–Crippen MR) is 137 cm³/mol. The minimum absolute atomic E-state index is 0.184. The highest BCUT2D eigenvalue weighted by molar-refractivity contribution is 7.41. The zero-order chi connectivity index (χ0) is 21.1. The van der Waals surface area contributed by atoms with Gasteiger partial charge in [0, 0.05) is 33.5 Å². The Balaban J connectivity index is 1.61. The first-order chi connectivity index (χ1) is 15.9. The summed E-state index contributed by atoms with van der Waals surface area (Å²) >= 11 is 0. The lowest BCUT2D eigenvalue weighted by Gasteiger charge is -2.19. The van der Waals surface area contributed by atoms with Crippen molar-refractivity contribution in [1.29, 1.82) is 0 Å². The first-order valence-corrected chi connectivity index (χ1v) is 12.0. The van der Waals surface area contributed by atoms with E-state index in [1.165, 1.54) is 62.4 Å². The van der Waals surface area contributed by atoms with Gasteiger partial charge in [-0.1, -0.05) is 99.2 Å². The summed E-state index contributed by atoms with van der Waals surface area (Å²) < 4.78 is 0. The third-order valence-corrected chi connectivity index (χ3v) is 8.04. The van der Waals surface area contributed by atoms with Crippen molar-refractivity contribution in [2.75, 3.05) is 0 Å². The second-order valence-corrected chi connectivity index (χ2v) is 9.71. The molecule has 0 amide bonds. The van der Waals surface area contributed by atoms with E-state index in [2.05, 4.69) is 103 Å². The van der Waals surface area contributed by atoms with Crippen LogP contribution in [-0.4, -0.2) is 4.98 Å². The molecule has 0 N–H and O–H groups in total.